The van der Waals surface area contributed by atoms with Crippen LogP contribution in [-0.2, 0) is 15.6 Å². The molecule has 2 N–H and O–H groups in total. The van der Waals surface area contributed by atoms with E-state index in [0.717, 1.165) is 16.5 Å². The first-order chi connectivity index (χ1) is 9.01. The highest BCUT2D eigenvalue weighted by atomic mass is 79.9. The Bertz CT molecular complexity index is 374. The van der Waals surface area contributed by atoms with Crippen LogP contribution in [0.5, 0.6) is 0 Å². The number of amides is 1. The zero-order valence-corrected chi connectivity index (χ0v) is 14.5. The second kappa shape index (κ2) is 13.7. The lowest BCUT2D eigenvalue weighted by molar-refractivity contribution is -0.115. The summed E-state index contributed by atoms with van der Waals surface area (Å²) in [5.74, 6) is -0.312. The molecule has 0 fully saturated rings. The van der Waals surface area contributed by atoms with Gasteiger partial charge in [0.15, 0.2) is 0 Å². The Morgan fingerprint density at radius 3 is 2.32 bits per heavy atom. The molecule has 0 saturated carbocycles. The number of hydrogen-bond acceptors (Lipinski definition) is 2. The third-order valence-corrected chi connectivity index (χ3v) is 3.87. The molecule has 110 valence electrons. The molecule has 19 heavy (non-hydrogen) atoms. The van der Waals surface area contributed by atoms with Crippen LogP contribution in [0.1, 0.15) is 34.1 Å². The molecule has 1 atom stereocenters. The van der Waals surface area contributed by atoms with Gasteiger partial charge in [0.05, 0.1) is 5.75 Å². The van der Waals surface area contributed by atoms with Crippen LogP contribution in [0.25, 0.3) is 0 Å². The van der Waals surface area contributed by atoms with Crippen molar-refractivity contribution in [3.05, 3.63) is 34.4 Å². The van der Waals surface area contributed by atoms with Gasteiger partial charge in [-0.3, -0.25) is 9.00 Å². The molecule has 0 rings (SSSR count). The summed E-state index contributed by atoms with van der Waals surface area (Å²) in [7, 11) is -1.26. The molecule has 0 radical (unpaired) electrons. The Labute approximate surface area is 127 Å². The molecule has 0 aromatic carbocycles. The van der Waals surface area contributed by atoms with E-state index < -0.39 is 16.7 Å². The van der Waals surface area contributed by atoms with E-state index in [1.165, 1.54) is 0 Å². The van der Waals surface area contributed by atoms with Crippen molar-refractivity contribution in [1.29, 1.82) is 0 Å². The van der Waals surface area contributed by atoms with Gasteiger partial charge in [0.1, 0.15) is 5.75 Å². The zero-order valence-electron chi connectivity index (χ0n) is 12.1. The molecule has 0 aliphatic carbocycles. The third kappa shape index (κ3) is 12.1. The van der Waals surface area contributed by atoms with Crippen molar-refractivity contribution >= 4 is 32.6 Å². The van der Waals surface area contributed by atoms with Crippen LogP contribution < -0.4 is 5.73 Å². The van der Waals surface area contributed by atoms with Crippen molar-refractivity contribution in [3.63, 3.8) is 0 Å². The van der Waals surface area contributed by atoms with Gasteiger partial charge in [-0.2, -0.15) is 0 Å². The summed E-state index contributed by atoms with van der Waals surface area (Å²) in [5.41, 5.74) is 5.92. The fourth-order valence-corrected chi connectivity index (χ4v) is 2.90. The number of nitrogens with two attached hydrogens (primary N) is 1. The van der Waals surface area contributed by atoms with Gasteiger partial charge in [0, 0.05) is 15.3 Å². The molecule has 0 heterocycles. The Hall–Kier alpha value is -0.680. The van der Waals surface area contributed by atoms with Crippen LogP contribution in [0.4, 0.5) is 0 Å². The van der Waals surface area contributed by atoms with E-state index in [9.17, 15) is 9.00 Å². The van der Waals surface area contributed by atoms with E-state index in [1.54, 1.807) is 0 Å². The van der Waals surface area contributed by atoms with Crippen LogP contribution in [0.15, 0.2) is 34.4 Å². The van der Waals surface area contributed by atoms with Crippen molar-refractivity contribution in [2.45, 2.75) is 34.1 Å². The number of hydrogen-bond donors (Lipinski definition) is 1. The predicted octanol–water partition coefficient (Wildman–Crippen LogP) is 3.44. The van der Waals surface area contributed by atoms with E-state index >= 15 is 0 Å². The highest BCUT2D eigenvalue weighted by Gasteiger charge is 2.09. The summed E-state index contributed by atoms with van der Waals surface area (Å²) >= 11 is 3.44. The van der Waals surface area contributed by atoms with Crippen molar-refractivity contribution in [2.75, 3.05) is 11.5 Å². The summed E-state index contributed by atoms with van der Waals surface area (Å²) in [4.78, 5) is 10.7. The van der Waals surface area contributed by atoms with E-state index in [1.807, 2.05) is 52.0 Å². The molecule has 3 nitrogen and oxygen atoms in total. The maximum Gasteiger partial charge on any atom is 0.230 e. The third-order valence-electron chi connectivity index (χ3n) is 1.80. The highest BCUT2D eigenvalue weighted by Crippen LogP contribution is 2.19. The number of allylic oxidation sites excluding steroid dienone is 5. The van der Waals surface area contributed by atoms with E-state index in [-0.39, 0.29) is 5.75 Å². The van der Waals surface area contributed by atoms with Crippen molar-refractivity contribution in [2.24, 2.45) is 5.73 Å². The van der Waals surface area contributed by atoms with Gasteiger partial charge in [0.2, 0.25) is 5.91 Å². The summed E-state index contributed by atoms with van der Waals surface area (Å²) in [6, 6.07) is 0. The summed E-state index contributed by atoms with van der Waals surface area (Å²) in [6.07, 6.45) is 8.53. The summed E-state index contributed by atoms with van der Waals surface area (Å²) < 4.78 is 12.5. The number of primary amides is 1. The summed E-state index contributed by atoms with van der Waals surface area (Å²) in [5, 5.41) is 0. The maximum atomic E-state index is 11.6. The predicted molar refractivity (Wildman–Crippen MR) is 88.6 cm³/mol. The SMILES string of the molecule is CC.C\C=C/C=C(CS(=O)CC(N)=O)\C(Br)=C/CC. The Morgan fingerprint density at radius 2 is 1.89 bits per heavy atom. The molecular formula is C14H24BrNO2S. The van der Waals surface area contributed by atoms with Gasteiger partial charge in [-0.1, -0.05) is 61.0 Å². The van der Waals surface area contributed by atoms with E-state index in [2.05, 4.69) is 15.9 Å². The number of carbonyl (C=O) groups excluding carboxylic acids is 1. The molecule has 1 amide bonds. The lowest BCUT2D eigenvalue weighted by Gasteiger charge is -2.05. The molecule has 1 unspecified atom stereocenters. The second-order valence-electron chi connectivity index (χ2n) is 3.37. The molecule has 0 aromatic rings. The number of halogens is 1. The lowest BCUT2D eigenvalue weighted by atomic mass is 10.2. The molecule has 0 aromatic heterocycles. The first-order valence-corrected chi connectivity index (χ1v) is 8.60. The smallest absolute Gasteiger partial charge is 0.230 e. The quantitative estimate of drug-likeness (QED) is 0.715. The number of rotatable bonds is 7. The van der Waals surface area contributed by atoms with Crippen LogP contribution in [0.3, 0.4) is 0 Å². The van der Waals surface area contributed by atoms with Crippen LogP contribution in [0.2, 0.25) is 0 Å². The minimum atomic E-state index is -1.26. The van der Waals surface area contributed by atoms with E-state index in [0.29, 0.717) is 5.75 Å². The van der Waals surface area contributed by atoms with Crippen molar-refractivity contribution in [1.82, 2.24) is 0 Å². The van der Waals surface area contributed by atoms with Gasteiger partial charge in [-0.25, -0.2) is 0 Å². The molecule has 0 aliphatic heterocycles. The molecule has 0 aliphatic rings. The largest absolute Gasteiger partial charge is 0.369 e. The van der Waals surface area contributed by atoms with Gasteiger partial charge in [-0.15, -0.1) is 0 Å². The topological polar surface area (TPSA) is 60.2 Å². The molecule has 5 heteroatoms. The van der Waals surface area contributed by atoms with Gasteiger partial charge >= 0.3 is 0 Å². The molecule has 0 spiro atoms. The Kier molecular flexibility index (Phi) is 14.9. The molecular weight excluding hydrogens is 326 g/mol. The second-order valence-corrected chi connectivity index (χ2v) is 5.68. The average Bonchev–Trinajstić information content (AvgIpc) is 2.36. The standard InChI is InChI=1S/C12H18BrNO2S.C2H6/c1-3-5-7-10(11(13)6-4-2)8-17(16)9-12(14)15;1-2/h3,5-7H,4,8-9H2,1-2H3,(H2,14,15);1-2H3/b5-3-,10-7-,11-6+;. The summed E-state index contributed by atoms with van der Waals surface area (Å²) in [6.45, 7) is 7.93. The average molecular weight is 350 g/mol. The maximum absolute atomic E-state index is 11.6. The van der Waals surface area contributed by atoms with Gasteiger partial charge in [-0.05, 0) is 18.9 Å². The van der Waals surface area contributed by atoms with Crippen molar-refractivity contribution < 1.29 is 9.00 Å². The van der Waals surface area contributed by atoms with Crippen LogP contribution >= 0.6 is 15.9 Å². The van der Waals surface area contributed by atoms with Gasteiger partial charge in [0.25, 0.3) is 0 Å². The minimum absolute atomic E-state index is 0.0976. The zero-order chi connectivity index (χ0) is 15.3. The van der Waals surface area contributed by atoms with E-state index in [4.69, 9.17) is 5.73 Å². The first-order valence-electron chi connectivity index (χ1n) is 6.32. The Balaban J connectivity index is 0. The molecule has 0 bridgehead atoms. The van der Waals surface area contributed by atoms with Crippen LogP contribution in [0, 0.1) is 0 Å². The number of carbonyl (C=O) groups is 1. The fourth-order valence-electron chi connectivity index (χ4n) is 1.10. The highest BCUT2D eigenvalue weighted by molar-refractivity contribution is 9.12. The lowest BCUT2D eigenvalue weighted by Crippen LogP contribution is -2.21. The van der Waals surface area contributed by atoms with Gasteiger partial charge < -0.3 is 5.73 Å². The Morgan fingerprint density at radius 1 is 1.32 bits per heavy atom. The monoisotopic (exact) mass is 349 g/mol. The fraction of sp³-hybridized carbons (Fsp3) is 0.500. The molecule has 0 saturated heterocycles. The van der Waals surface area contributed by atoms with Crippen LogP contribution in [-0.4, -0.2) is 21.6 Å². The minimum Gasteiger partial charge on any atom is -0.369 e. The first kappa shape index (κ1) is 20.6. The van der Waals surface area contributed by atoms with Crippen molar-refractivity contribution in [3.8, 4) is 0 Å². The normalized spacial score (nSPS) is 13.9.